The zero-order chi connectivity index (χ0) is 14.2. The topological polar surface area (TPSA) is 42.2 Å². The molecule has 2 rings (SSSR count). The predicted octanol–water partition coefficient (Wildman–Crippen LogP) is 3.47. The van der Waals surface area contributed by atoms with Crippen LogP contribution in [-0.2, 0) is 6.54 Å². The number of aromatic carboxylic acids is 1. The second-order valence-electron chi connectivity index (χ2n) is 5.16. The maximum atomic E-state index is 11.3. The highest BCUT2D eigenvalue weighted by Gasteiger charge is 2.14. The van der Waals surface area contributed by atoms with Crippen molar-refractivity contribution in [2.24, 2.45) is 0 Å². The average molecular weight is 257 g/mol. The number of aryl methyl sites for hydroxylation is 4. The number of carboxylic acid groups (broad SMARTS) is 1. The van der Waals surface area contributed by atoms with Gasteiger partial charge in [-0.2, -0.15) is 0 Å². The van der Waals surface area contributed by atoms with Crippen molar-refractivity contribution in [3.8, 4) is 0 Å². The fourth-order valence-electron chi connectivity index (χ4n) is 2.63. The first-order chi connectivity index (χ1) is 8.90. The lowest BCUT2D eigenvalue weighted by molar-refractivity contribution is 0.0685. The van der Waals surface area contributed by atoms with Crippen molar-refractivity contribution in [3.63, 3.8) is 0 Å². The fraction of sp³-hybridized carbons (Fsp3) is 0.312. The molecule has 1 N–H and O–H groups in total. The zero-order valence-corrected chi connectivity index (χ0v) is 11.8. The van der Waals surface area contributed by atoms with E-state index in [0.717, 1.165) is 5.56 Å². The van der Waals surface area contributed by atoms with Crippen LogP contribution >= 0.6 is 0 Å². The van der Waals surface area contributed by atoms with Gasteiger partial charge in [-0.3, -0.25) is 0 Å². The Hall–Kier alpha value is -2.03. The van der Waals surface area contributed by atoms with E-state index in [1.165, 1.54) is 22.3 Å². The molecular weight excluding hydrogens is 238 g/mol. The molecule has 0 amide bonds. The number of hydrogen-bond donors (Lipinski definition) is 1. The van der Waals surface area contributed by atoms with Crippen LogP contribution in [0.15, 0.2) is 24.4 Å². The molecule has 19 heavy (non-hydrogen) atoms. The van der Waals surface area contributed by atoms with Crippen molar-refractivity contribution < 1.29 is 9.90 Å². The van der Waals surface area contributed by atoms with Crippen LogP contribution in [0.25, 0.3) is 0 Å². The van der Waals surface area contributed by atoms with Crippen LogP contribution in [0.3, 0.4) is 0 Å². The zero-order valence-electron chi connectivity index (χ0n) is 11.8. The maximum Gasteiger partial charge on any atom is 0.352 e. The van der Waals surface area contributed by atoms with Crippen LogP contribution in [0.1, 0.15) is 38.3 Å². The summed E-state index contributed by atoms with van der Waals surface area (Å²) in [5.41, 5.74) is 6.03. The second-order valence-corrected chi connectivity index (χ2v) is 5.16. The molecule has 3 nitrogen and oxygen atoms in total. The lowest BCUT2D eigenvalue weighted by Gasteiger charge is -2.14. The Morgan fingerprint density at radius 3 is 2.21 bits per heavy atom. The number of benzene rings is 1. The van der Waals surface area contributed by atoms with Crippen molar-refractivity contribution in [2.75, 3.05) is 0 Å². The molecule has 0 radical (unpaired) electrons. The number of carboxylic acids is 1. The van der Waals surface area contributed by atoms with E-state index in [2.05, 4.69) is 32.9 Å². The van der Waals surface area contributed by atoms with E-state index in [4.69, 9.17) is 0 Å². The number of hydrogen-bond acceptors (Lipinski definition) is 1. The van der Waals surface area contributed by atoms with Gasteiger partial charge in [0, 0.05) is 12.7 Å². The van der Waals surface area contributed by atoms with Gasteiger partial charge in [-0.15, -0.1) is 0 Å². The molecule has 0 atom stereocenters. The maximum absolute atomic E-state index is 11.3. The Morgan fingerprint density at radius 1 is 1.11 bits per heavy atom. The van der Waals surface area contributed by atoms with Gasteiger partial charge in [-0.05, 0) is 56.0 Å². The molecule has 0 saturated carbocycles. The van der Waals surface area contributed by atoms with Gasteiger partial charge in [-0.25, -0.2) is 4.79 Å². The van der Waals surface area contributed by atoms with Gasteiger partial charge in [0.2, 0.25) is 0 Å². The Kier molecular flexibility index (Phi) is 3.47. The molecule has 0 fully saturated rings. The van der Waals surface area contributed by atoms with E-state index in [-0.39, 0.29) is 0 Å². The third kappa shape index (κ3) is 2.55. The highest BCUT2D eigenvalue weighted by atomic mass is 16.4. The summed E-state index contributed by atoms with van der Waals surface area (Å²) in [5, 5.41) is 9.28. The van der Waals surface area contributed by atoms with E-state index < -0.39 is 5.97 Å². The highest BCUT2D eigenvalue weighted by molar-refractivity contribution is 5.87. The van der Waals surface area contributed by atoms with Crippen molar-refractivity contribution in [3.05, 3.63) is 57.9 Å². The minimum atomic E-state index is -0.870. The summed E-state index contributed by atoms with van der Waals surface area (Å²) in [6.45, 7) is 8.66. The molecule has 1 heterocycles. The first-order valence-corrected chi connectivity index (χ1v) is 6.36. The number of aromatic nitrogens is 1. The monoisotopic (exact) mass is 257 g/mol. The van der Waals surface area contributed by atoms with Gasteiger partial charge in [0.25, 0.3) is 0 Å². The number of rotatable bonds is 3. The van der Waals surface area contributed by atoms with Crippen molar-refractivity contribution in [2.45, 2.75) is 34.2 Å². The Labute approximate surface area is 113 Å². The summed E-state index contributed by atoms with van der Waals surface area (Å²) in [5.74, 6) is -0.870. The molecule has 0 aliphatic heterocycles. The second kappa shape index (κ2) is 4.92. The standard InChI is InChI=1S/C16H19NO2/c1-10-7-12(3)14(13(4)8-10)9-17-6-5-11(2)15(17)16(18)19/h5-8H,9H2,1-4H3,(H,18,19). The third-order valence-electron chi connectivity index (χ3n) is 3.54. The van der Waals surface area contributed by atoms with Crippen molar-refractivity contribution in [1.82, 2.24) is 4.57 Å². The quantitative estimate of drug-likeness (QED) is 0.914. The normalized spacial score (nSPS) is 10.7. The minimum absolute atomic E-state index is 0.374. The van der Waals surface area contributed by atoms with E-state index in [1.807, 2.05) is 23.8 Å². The molecule has 100 valence electrons. The summed E-state index contributed by atoms with van der Waals surface area (Å²) >= 11 is 0. The fourth-order valence-corrected chi connectivity index (χ4v) is 2.63. The van der Waals surface area contributed by atoms with Gasteiger partial charge in [0.1, 0.15) is 5.69 Å². The summed E-state index contributed by atoms with van der Waals surface area (Å²) < 4.78 is 1.81. The first-order valence-electron chi connectivity index (χ1n) is 6.36. The Balaban J connectivity index is 2.45. The van der Waals surface area contributed by atoms with Crippen LogP contribution in [0.4, 0.5) is 0 Å². The molecule has 1 aromatic carbocycles. The van der Waals surface area contributed by atoms with Gasteiger partial charge in [-0.1, -0.05) is 17.7 Å². The van der Waals surface area contributed by atoms with Crippen molar-refractivity contribution >= 4 is 5.97 Å². The number of nitrogens with zero attached hydrogens (tertiary/aromatic N) is 1. The van der Waals surface area contributed by atoms with Crippen LogP contribution < -0.4 is 0 Å². The third-order valence-corrected chi connectivity index (χ3v) is 3.54. The van der Waals surface area contributed by atoms with E-state index in [9.17, 15) is 9.90 Å². The van der Waals surface area contributed by atoms with Gasteiger partial charge < -0.3 is 9.67 Å². The summed E-state index contributed by atoms with van der Waals surface area (Å²) in [4.78, 5) is 11.3. The smallest absolute Gasteiger partial charge is 0.352 e. The minimum Gasteiger partial charge on any atom is -0.477 e. The van der Waals surface area contributed by atoms with Crippen LogP contribution in [-0.4, -0.2) is 15.6 Å². The molecular formula is C16H19NO2. The predicted molar refractivity (Wildman–Crippen MR) is 75.9 cm³/mol. The molecule has 0 bridgehead atoms. The average Bonchev–Trinajstić information content (AvgIpc) is 2.64. The molecule has 0 aliphatic carbocycles. The SMILES string of the molecule is Cc1cc(C)c(Cn2ccc(C)c2C(=O)O)c(C)c1. The lowest BCUT2D eigenvalue weighted by Crippen LogP contribution is -2.11. The van der Waals surface area contributed by atoms with Crippen LogP contribution in [0, 0.1) is 27.7 Å². The summed E-state index contributed by atoms with van der Waals surface area (Å²) in [7, 11) is 0. The number of carbonyl (C=O) groups is 1. The van der Waals surface area contributed by atoms with E-state index in [1.54, 1.807) is 0 Å². The van der Waals surface area contributed by atoms with Gasteiger partial charge >= 0.3 is 5.97 Å². The lowest BCUT2D eigenvalue weighted by atomic mass is 10.00. The van der Waals surface area contributed by atoms with Gasteiger partial charge in [0.15, 0.2) is 0 Å². The largest absolute Gasteiger partial charge is 0.477 e. The Morgan fingerprint density at radius 2 is 1.68 bits per heavy atom. The molecule has 0 unspecified atom stereocenters. The molecule has 0 spiro atoms. The summed E-state index contributed by atoms with van der Waals surface area (Å²) in [6.07, 6.45) is 1.84. The molecule has 0 saturated heterocycles. The van der Waals surface area contributed by atoms with Gasteiger partial charge in [0.05, 0.1) is 0 Å². The van der Waals surface area contributed by atoms with E-state index >= 15 is 0 Å². The van der Waals surface area contributed by atoms with Crippen LogP contribution in [0.5, 0.6) is 0 Å². The molecule has 1 aromatic heterocycles. The summed E-state index contributed by atoms with van der Waals surface area (Å²) in [6, 6.07) is 6.13. The molecule has 0 aliphatic rings. The molecule has 3 heteroatoms. The first kappa shape index (κ1) is 13.4. The highest BCUT2D eigenvalue weighted by Crippen LogP contribution is 2.20. The molecule has 2 aromatic rings. The van der Waals surface area contributed by atoms with E-state index in [0.29, 0.717) is 12.2 Å². The van der Waals surface area contributed by atoms with Crippen molar-refractivity contribution in [1.29, 1.82) is 0 Å². The Bertz CT molecular complexity index is 615. The van der Waals surface area contributed by atoms with Crippen LogP contribution in [0.2, 0.25) is 0 Å².